The molecule has 0 saturated heterocycles. The Balaban J connectivity index is 0.763. The standard InChI is InChI=1S/C78H63N3/c1-52-18-16-26-61(44-52)79(58-20-10-7-11-21-58)63-36-40-67-65-38-32-56(48-71(65)77(3,4)73(67)50-63)30-28-54-34-42-75-69(46-54)70-47-55(35-43-76(70)81(75)60-24-14-9-15-25-60)29-31-57-33-39-66-68-41-37-64(51-74(68)78(5,6)72(66)49-57)80(59-22-12-8-13-23-59)62-27-17-19-53(2)45-62/h7-51H,1-6H3/b30-28+,31-29+. The monoisotopic (exact) mass is 1040 g/mol. The number of fused-ring (bicyclic) bond motifs is 9. The van der Waals surface area contributed by atoms with Crippen molar-refractivity contribution in [1.82, 2.24) is 4.57 Å². The van der Waals surface area contributed by atoms with Crippen LogP contribution >= 0.6 is 0 Å². The van der Waals surface area contributed by atoms with E-state index in [1.54, 1.807) is 0 Å². The molecule has 12 aromatic rings. The summed E-state index contributed by atoms with van der Waals surface area (Å²) in [6, 6.07) is 91.7. The van der Waals surface area contributed by atoms with E-state index in [1.165, 1.54) is 88.6 Å². The highest BCUT2D eigenvalue weighted by atomic mass is 15.1. The van der Waals surface area contributed by atoms with Gasteiger partial charge in [0.25, 0.3) is 0 Å². The van der Waals surface area contributed by atoms with Gasteiger partial charge in [0.2, 0.25) is 0 Å². The van der Waals surface area contributed by atoms with Gasteiger partial charge in [0.1, 0.15) is 0 Å². The van der Waals surface area contributed by atoms with Crippen LogP contribution in [-0.4, -0.2) is 4.57 Å². The number of anilines is 6. The van der Waals surface area contributed by atoms with Gasteiger partial charge in [0.15, 0.2) is 0 Å². The molecule has 3 heteroatoms. The molecule has 0 saturated carbocycles. The van der Waals surface area contributed by atoms with E-state index >= 15 is 0 Å². The van der Waals surface area contributed by atoms with Crippen LogP contribution in [0.25, 0.3) is 74.1 Å². The van der Waals surface area contributed by atoms with E-state index in [0.717, 1.165) is 50.9 Å². The molecule has 1 heterocycles. The summed E-state index contributed by atoms with van der Waals surface area (Å²) in [5, 5.41) is 2.46. The van der Waals surface area contributed by atoms with Crippen molar-refractivity contribution in [2.45, 2.75) is 52.4 Å². The van der Waals surface area contributed by atoms with Crippen molar-refractivity contribution in [3.63, 3.8) is 0 Å². The summed E-state index contributed by atoms with van der Waals surface area (Å²) in [6.07, 6.45) is 9.12. The minimum Gasteiger partial charge on any atom is -0.310 e. The highest BCUT2D eigenvalue weighted by Crippen LogP contribution is 2.53. The Bertz CT molecular complexity index is 4210. The zero-order valence-corrected chi connectivity index (χ0v) is 46.8. The van der Waals surface area contributed by atoms with E-state index in [0.29, 0.717) is 0 Å². The minimum atomic E-state index is -0.189. The molecule has 2 aliphatic rings. The zero-order chi connectivity index (χ0) is 55.0. The van der Waals surface area contributed by atoms with Gasteiger partial charge < -0.3 is 14.4 Å². The molecule has 14 rings (SSSR count). The van der Waals surface area contributed by atoms with Crippen molar-refractivity contribution >= 4 is 80.2 Å². The smallest absolute Gasteiger partial charge is 0.0541 e. The Labute approximate surface area is 476 Å². The van der Waals surface area contributed by atoms with E-state index in [2.05, 4.69) is 329 Å². The molecule has 0 spiro atoms. The average molecular weight is 1040 g/mol. The summed E-state index contributed by atoms with van der Waals surface area (Å²) >= 11 is 0. The van der Waals surface area contributed by atoms with Gasteiger partial charge in [-0.3, -0.25) is 0 Å². The lowest BCUT2D eigenvalue weighted by Gasteiger charge is -2.28. The van der Waals surface area contributed by atoms with Crippen LogP contribution in [0.3, 0.4) is 0 Å². The maximum absolute atomic E-state index is 2.41. The molecular formula is C78H63N3. The summed E-state index contributed by atoms with van der Waals surface area (Å²) in [4.78, 5) is 4.76. The predicted octanol–water partition coefficient (Wildman–Crippen LogP) is 21.3. The molecule has 2 aliphatic carbocycles. The summed E-state index contributed by atoms with van der Waals surface area (Å²) in [5.41, 5.74) is 27.9. The third kappa shape index (κ3) is 8.69. The number of hydrogen-bond acceptors (Lipinski definition) is 2. The Morgan fingerprint density at radius 2 is 0.630 bits per heavy atom. The molecule has 0 atom stereocenters. The molecule has 3 nitrogen and oxygen atoms in total. The highest BCUT2D eigenvalue weighted by molar-refractivity contribution is 6.11. The first-order chi connectivity index (χ1) is 39.5. The molecule has 0 amide bonds. The number of benzene rings is 11. The van der Waals surface area contributed by atoms with Gasteiger partial charge in [0, 0.05) is 61.4 Å². The quantitative estimate of drug-likeness (QED) is 0.120. The van der Waals surface area contributed by atoms with Crippen LogP contribution in [0.5, 0.6) is 0 Å². The number of para-hydroxylation sites is 3. The van der Waals surface area contributed by atoms with Gasteiger partial charge in [-0.1, -0.05) is 192 Å². The fourth-order valence-corrected chi connectivity index (χ4v) is 13.1. The molecule has 0 unspecified atom stereocenters. The van der Waals surface area contributed by atoms with Crippen molar-refractivity contribution in [3.05, 3.63) is 304 Å². The van der Waals surface area contributed by atoms with E-state index in [9.17, 15) is 0 Å². The van der Waals surface area contributed by atoms with E-state index in [-0.39, 0.29) is 10.8 Å². The molecule has 0 radical (unpaired) electrons. The van der Waals surface area contributed by atoms with Crippen LogP contribution in [0.2, 0.25) is 0 Å². The third-order valence-electron chi connectivity index (χ3n) is 17.2. The molecule has 81 heavy (non-hydrogen) atoms. The third-order valence-corrected chi connectivity index (χ3v) is 17.2. The second-order valence-electron chi connectivity index (χ2n) is 23.2. The summed E-state index contributed by atoms with van der Waals surface area (Å²) in [7, 11) is 0. The number of aromatic nitrogens is 1. The predicted molar refractivity (Wildman–Crippen MR) is 345 cm³/mol. The fraction of sp³-hybridized carbons (Fsp3) is 0.103. The second-order valence-corrected chi connectivity index (χ2v) is 23.2. The van der Waals surface area contributed by atoms with Crippen molar-refractivity contribution in [2.75, 3.05) is 9.80 Å². The number of aryl methyl sites for hydroxylation is 2. The maximum Gasteiger partial charge on any atom is 0.0541 e. The van der Waals surface area contributed by atoms with Crippen molar-refractivity contribution in [3.8, 4) is 27.9 Å². The van der Waals surface area contributed by atoms with Gasteiger partial charge in [0.05, 0.1) is 11.0 Å². The molecule has 11 aromatic carbocycles. The van der Waals surface area contributed by atoms with Crippen LogP contribution in [0, 0.1) is 13.8 Å². The number of rotatable bonds is 11. The van der Waals surface area contributed by atoms with Crippen LogP contribution in [-0.2, 0) is 10.8 Å². The highest BCUT2D eigenvalue weighted by Gasteiger charge is 2.38. The van der Waals surface area contributed by atoms with Gasteiger partial charge in [-0.15, -0.1) is 0 Å². The van der Waals surface area contributed by atoms with Crippen LogP contribution in [0.15, 0.2) is 249 Å². The zero-order valence-electron chi connectivity index (χ0n) is 46.8. The molecule has 0 aliphatic heterocycles. The van der Waals surface area contributed by atoms with Gasteiger partial charge in [-0.25, -0.2) is 0 Å². The average Bonchev–Trinajstić information content (AvgIpc) is 3.72. The molecule has 0 N–H and O–H groups in total. The fourth-order valence-electron chi connectivity index (χ4n) is 13.1. The van der Waals surface area contributed by atoms with Gasteiger partial charge in [-0.2, -0.15) is 0 Å². The summed E-state index contributed by atoms with van der Waals surface area (Å²) < 4.78 is 2.41. The van der Waals surface area contributed by atoms with Crippen LogP contribution in [0.1, 0.15) is 83.3 Å². The SMILES string of the molecule is Cc1cccc(N(c2ccccc2)c2ccc3c(c2)C(C)(C)c2cc(/C=C/c4ccc5c(c4)c4cc(/C=C/c6ccc7c(c6)C(C)(C)c6cc(N(c8ccccc8)c8cccc(C)c8)ccc6-7)ccc4n5-c4ccccc4)ccc2-3)c1. The molecule has 0 bridgehead atoms. The Kier molecular flexibility index (Phi) is 12.0. The van der Waals surface area contributed by atoms with Crippen molar-refractivity contribution in [1.29, 1.82) is 0 Å². The topological polar surface area (TPSA) is 11.4 Å². The van der Waals surface area contributed by atoms with Crippen LogP contribution < -0.4 is 9.80 Å². The second kappa shape index (κ2) is 19.6. The molecule has 0 fully saturated rings. The molecular weight excluding hydrogens is 979 g/mol. The molecule has 390 valence electrons. The Hall–Kier alpha value is -9.70. The Morgan fingerprint density at radius 3 is 1.04 bits per heavy atom. The van der Waals surface area contributed by atoms with E-state index < -0.39 is 0 Å². The minimum absolute atomic E-state index is 0.189. The maximum atomic E-state index is 2.41. The lowest BCUT2D eigenvalue weighted by molar-refractivity contribution is 0.660. The first kappa shape index (κ1) is 49.6. The van der Waals surface area contributed by atoms with Crippen molar-refractivity contribution in [2.24, 2.45) is 0 Å². The van der Waals surface area contributed by atoms with Crippen molar-refractivity contribution < 1.29 is 0 Å². The molecule has 1 aromatic heterocycles. The lowest BCUT2D eigenvalue weighted by Crippen LogP contribution is -2.16. The summed E-state index contributed by atoms with van der Waals surface area (Å²) in [5.74, 6) is 0. The Morgan fingerprint density at radius 1 is 0.296 bits per heavy atom. The first-order valence-electron chi connectivity index (χ1n) is 28.4. The first-order valence-corrected chi connectivity index (χ1v) is 28.4. The number of hydrogen-bond donors (Lipinski definition) is 0. The van der Waals surface area contributed by atoms with Gasteiger partial charge in [-0.05, 0) is 201 Å². The lowest BCUT2D eigenvalue weighted by atomic mass is 9.81. The van der Waals surface area contributed by atoms with E-state index in [1.807, 2.05) is 0 Å². The number of nitrogens with zero attached hydrogens (tertiary/aromatic N) is 3. The van der Waals surface area contributed by atoms with Gasteiger partial charge >= 0.3 is 0 Å². The van der Waals surface area contributed by atoms with Crippen LogP contribution in [0.4, 0.5) is 34.1 Å². The summed E-state index contributed by atoms with van der Waals surface area (Å²) in [6.45, 7) is 13.8. The van der Waals surface area contributed by atoms with E-state index in [4.69, 9.17) is 0 Å². The normalized spacial score (nSPS) is 13.7. The largest absolute Gasteiger partial charge is 0.310 e.